The van der Waals surface area contributed by atoms with Gasteiger partial charge in [0.1, 0.15) is 0 Å². The highest BCUT2D eigenvalue weighted by Crippen LogP contribution is 2.05. The first-order valence-corrected chi connectivity index (χ1v) is 6.38. The zero-order valence-electron chi connectivity index (χ0n) is 9.02. The van der Waals surface area contributed by atoms with Gasteiger partial charge in [-0.1, -0.05) is 13.3 Å². The minimum Gasteiger partial charge on any atom is -0.212 e. The lowest BCUT2D eigenvalue weighted by Crippen LogP contribution is -2.32. The van der Waals surface area contributed by atoms with Gasteiger partial charge in [-0.05, 0) is 13.3 Å². The van der Waals surface area contributed by atoms with Crippen LogP contribution in [0.15, 0.2) is 0 Å². The van der Waals surface area contributed by atoms with Crippen molar-refractivity contribution in [2.45, 2.75) is 26.7 Å². The second-order valence-corrected chi connectivity index (χ2v) is 5.68. The molecule has 4 nitrogen and oxygen atoms in total. The van der Waals surface area contributed by atoms with Gasteiger partial charge in [0.15, 0.2) is 0 Å². The molecule has 0 heterocycles. The summed E-state index contributed by atoms with van der Waals surface area (Å²) in [7, 11) is -1.62. The molecule has 14 heavy (non-hydrogen) atoms. The van der Waals surface area contributed by atoms with Gasteiger partial charge in [0.05, 0.1) is 17.7 Å². The first-order valence-electron chi connectivity index (χ1n) is 4.77. The summed E-state index contributed by atoms with van der Waals surface area (Å²) in [6.07, 6.45) is 1.54. The molecule has 0 rings (SSSR count). The molecule has 0 saturated carbocycles. The maximum absolute atomic E-state index is 11.6. The lowest BCUT2D eigenvalue weighted by atomic mass is 10.2. The average molecular weight is 218 g/mol. The smallest absolute Gasteiger partial charge is 0.212 e. The quantitative estimate of drug-likeness (QED) is 0.673. The molecular formula is C9H18N2O2S. The Bertz CT molecular complexity index is 292. The summed E-state index contributed by atoms with van der Waals surface area (Å²) in [6, 6.07) is 2.02. The predicted molar refractivity (Wildman–Crippen MR) is 56.1 cm³/mol. The Morgan fingerprint density at radius 2 is 2.07 bits per heavy atom. The second-order valence-electron chi connectivity index (χ2n) is 3.48. The summed E-state index contributed by atoms with van der Waals surface area (Å²) < 4.78 is 24.4. The highest BCUT2D eigenvalue weighted by molar-refractivity contribution is 7.89. The molecule has 0 N–H and O–H groups in total. The molecule has 0 spiro atoms. The molecule has 0 aliphatic carbocycles. The van der Waals surface area contributed by atoms with Crippen LogP contribution in [0.3, 0.4) is 0 Å². The Morgan fingerprint density at radius 1 is 1.50 bits per heavy atom. The largest absolute Gasteiger partial charge is 0.213 e. The molecule has 0 aromatic rings. The van der Waals surface area contributed by atoms with Crippen LogP contribution in [-0.4, -0.2) is 32.1 Å². The number of hydrogen-bond acceptors (Lipinski definition) is 3. The van der Waals surface area contributed by atoms with E-state index in [2.05, 4.69) is 0 Å². The van der Waals surface area contributed by atoms with E-state index < -0.39 is 10.0 Å². The topological polar surface area (TPSA) is 61.2 Å². The Hall–Kier alpha value is -0.600. The maximum atomic E-state index is 11.6. The van der Waals surface area contributed by atoms with E-state index in [0.29, 0.717) is 6.42 Å². The molecule has 0 saturated heterocycles. The van der Waals surface area contributed by atoms with Crippen LogP contribution in [0.1, 0.15) is 26.7 Å². The minimum atomic E-state index is -3.15. The van der Waals surface area contributed by atoms with Crippen molar-refractivity contribution in [1.29, 1.82) is 5.26 Å². The summed E-state index contributed by atoms with van der Waals surface area (Å²) >= 11 is 0. The zero-order valence-corrected chi connectivity index (χ0v) is 9.84. The van der Waals surface area contributed by atoms with Gasteiger partial charge < -0.3 is 0 Å². The molecule has 0 aromatic heterocycles. The number of unbranched alkanes of at least 4 members (excludes halogenated alkanes) is 1. The van der Waals surface area contributed by atoms with Crippen molar-refractivity contribution in [3.8, 4) is 6.07 Å². The Kier molecular flexibility index (Phi) is 5.73. The van der Waals surface area contributed by atoms with Gasteiger partial charge in [-0.15, -0.1) is 0 Å². The number of hydrogen-bond donors (Lipinski definition) is 0. The van der Waals surface area contributed by atoms with Crippen LogP contribution < -0.4 is 0 Å². The number of nitrogens with zero attached hydrogens (tertiary/aromatic N) is 2. The van der Waals surface area contributed by atoms with Gasteiger partial charge in [-0.3, -0.25) is 0 Å². The van der Waals surface area contributed by atoms with Crippen LogP contribution in [-0.2, 0) is 10.0 Å². The standard InChI is InChI=1S/C9H18N2O2S/c1-4-5-6-14(12,13)11(3)8-9(2)7-10/h9H,4-6,8H2,1-3H3. The number of sulfonamides is 1. The molecule has 0 amide bonds. The Balaban J connectivity index is 4.23. The summed E-state index contributed by atoms with van der Waals surface area (Å²) in [5.41, 5.74) is 0. The van der Waals surface area contributed by atoms with Crippen molar-refractivity contribution in [1.82, 2.24) is 4.31 Å². The third-order valence-corrected chi connectivity index (χ3v) is 3.89. The molecule has 0 radical (unpaired) electrons. The monoisotopic (exact) mass is 218 g/mol. The first kappa shape index (κ1) is 13.4. The number of rotatable bonds is 6. The summed E-state index contributed by atoms with van der Waals surface area (Å²) in [6.45, 7) is 3.95. The van der Waals surface area contributed by atoms with Crippen molar-refractivity contribution < 1.29 is 8.42 Å². The third-order valence-electron chi connectivity index (χ3n) is 1.98. The fraction of sp³-hybridized carbons (Fsp3) is 0.889. The van der Waals surface area contributed by atoms with Crippen molar-refractivity contribution in [3.63, 3.8) is 0 Å². The van der Waals surface area contributed by atoms with Crippen molar-refractivity contribution in [2.75, 3.05) is 19.3 Å². The van der Waals surface area contributed by atoms with E-state index in [1.54, 1.807) is 6.92 Å². The van der Waals surface area contributed by atoms with Crippen LogP contribution >= 0.6 is 0 Å². The van der Waals surface area contributed by atoms with Crippen molar-refractivity contribution >= 4 is 10.0 Å². The highest BCUT2D eigenvalue weighted by Gasteiger charge is 2.18. The van der Waals surface area contributed by atoms with Crippen molar-refractivity contribution in [3.05, 3.63) is 0 Å². The summed E-state index contributed by atoms with van der Waals surface area (Å²) in [5, 5.41) is 8.55. The molecule has 0 fully saturated rings. The van der Waals surface area contributed by atoms with Gasteiger partial charge >= 0.3 is 0 Å². The van der Waals surface area contributed by atoms with Gasteiger partial charge in [0.2, 0.25) is 10.0 Å². The second kappa shape index (κ2) is 5.99. The molecule has 0 aliphatic rings. The van der Waals surface area contributed by atoms with Crippen LogP contribution in [0, 0.1) is 17.2 Å². The average Bonchev–Trinajstić information content (AvgIpc) is 2.14. The van der Waals surface area contributed by atoms with E-state index in [-0.39, 0.29) is 18.2 Å². The van der Waals surface area contributed by atoms with Gasteiger partial charge in [-0.25, -0.2) is 12.7 Å². The molecule has 0 aliphatic heterocycles. The van der Waals surface area contributed by atoms with Gasteiger partial charge in [0.25, 0.3) is 0 Å². The third kappa shape index (κ3) is 4.58. The molecule has 0 aromatic carbocycles. The van der Waals surface area contributed by atoms with Crippen LogP contribution in [0.25, 0.3) is 0 Å². The zero-order chi connectivity index (χ0) is 11.2. The highest BCUT2D eigenvalue weighted by atomic mass is 32.2. The summed E-state index contributed by atoms with van der Waals surface area (Å²) in [4.78, 5) is 0. The lowest BCUT2D eigenvalue weighted by Gasteiger charge is -2.17. The van der Waals surface area contributed by atoms with Gasteiger partial charge in [0, 0.05) is 13.6 Å². The Labute approximate surface area is 86.6 Å². The fourth-order valence-corrected chi connectivity index (χ4v) is 2.44. The van der Waals surface area contributed by atoms with Crippen LogP contribution in [0.4, 0.5) is 0 Å². The minimum absolute atomic E-state index is 0.179. The van der Waals surface area contributed by atoms with Gasteiger partial charge in [-0.2, -0.15) is 5.26 Å². The van der Waals surface area contributed by atoms with E-state index >= 15 is 0 Å². The summed E-state index contributed by atoms with van der Waals surface area (Å²) in [5.74, 6) is -0.0746. The lowest BCUT2D eigenvalue weighted by molar-refractivity contribution is 0.438. The molecule has 82 valence electrons. The molecule has 1 atom stereocenters. The van der Waals surface area contributed by atoms with Crippen LogP contribution in [0.2, 0.25) is 0 Å². The predicted octanol–water partition coefficient (Wildman–Crippen LogP) is 1.21. The first-order chi connectivity index (χ1) is 6.44. The fourth-order valence-electron chi connectivity index (χ4n) is 1.02. The van der Waals surface area contributed by atoms with E-state index in [9.17, 15) is 8.42 Å². The van der Waals surface area contributed by atoms with E-state index in [0.717, 1.165) is 6.42 Å². The van der Waals surface area contributed by atoms with Crippen LogP contribution in [0.5, 0.6) is 0 Å². The molecule has 0 bridgehead atoms. The molecule has 1 unspecified atom stereocenters. The van der Waals surface area contributed by atoms with Crippen molar-refractivity contribution in [2.24, 2.45) is 5.92 Å². The molecular weight excluding hydrogens is 200 g/mol. The van der Waals surface area contributed by atoms with E-state index in [1.807, 2.05) is 13.0 Å². The van der Waals surface area contributed by atoms with E-state index in [4.69, 9.17) is 5.26 Å². The SMILES string of the molecule is CCCCS(=O)(=O)N(C)CC(C)C#N. The maximum Gasteiger partial charge on any atom is 0.213 e. The normalized spacial score (nSPS) is 13.9. The molecule has 5 heteroatoms. The Morgan fingerprint density at radius 3 is 2.50 bits per heavy atom. The number of nitriles is 1. The van der Waals surface area contributed by atoms with E-state index in [1.165, 1.54) is 11.4 Å².